The molecule has 1 aromatic rings. The summed E-state index contributed by atoms with van der Waals surface area (Å²) in [6.45, 7) is 3.49. The van der Waals surface area contributed by atoms with Crippen molar-refractivity contribution in [1.82, 2.24) is 0 Å². The predicted molar refractivity (Wildman–Crippen MR) is 126 cm³/mol. The van der Waals surface area contributed by atoms with E-state index < -0.39 is 6.29 Å². The third-order valence-corrected chi connectivity index (χ3v) is 7.94. The van der Waals surface area contributed by atoms with Crippen LogP contribution >= 0.6 is 0 Å². The highest BCUT2D eigenvalue weighted by Gasteiger charge is 2.44. The Morgan fingerprint density at radius 3 is 2.82 bits per heavy atom. The molecule has 7 atom stereocenters. The monoisotopic (exact) mass is 462 g/mol. The van der Waals surface area contributed by atoms with Crippen LogP contribution in [0.1, 0.15) is 69.4 Å². The molecule has 2 aliphatic carbocycles. The molecule has 1 saturated heterocycles. The molecule has 0 radical (unpaired) electrons. The number of benzene rings is 1. The summed E-state index contributed by atoms with van der Waals surface area (Å²) < 4.78 is 16.9. The molecular weight excluding hydrogens is 420 g/mol. The molecule has 2 unspecified atom stereocenters. The fourth-order valence-electron chi connectivity index (χ4n) is 6.14. The van der Waals surface area contributed by atoms with Gasteiger partial charge in [0.15, 0.2) is 6.29 Å². The summed E-state index contributed by atoms with van der Waals surface area (Å²) in [5.74, 6) is 1.98. The van der Waals surface area contributed by atoms with Gasteiger partial charge >= 0.3 is 0 Å². The summed E-state index contributed by atoms with van der Waals surface area (Å²) in [7, 11) is 0. The summed E-state index contributed by atoms with van der Waals surface area (Å²) >= 11 is 0. The molecule has 6 heteroatoms. The minimum Gasteiger partial charge on any atom is -0.488 e. The lowest BCUT2D eigenvalue weighted by molar-refractivity contribution is -0.150. The van der Waals surface area contributed by atoms with Crippen molar-refractivity contribution in [3.63, 3.8) is 0 Å². The van der Waals surface area contributed by atoms with E-state index in [0.717, 1.165) is 57.1 Å². The second kappa shape index (κ2) is 12.0. The second-order valence-corrected chi connectivity index (χ2v) is 10.3. The minimum absolute atomic E-state index is 0.0591. The van der Waals surface area contributed by atoms with Crippen molar-refractivity contribution in [3.8, 4) is 5.75 Å². The normalized spacial score (nSPS) is 30.6. The van der Waals surface area contributed by atoms with E-state index in [-0.39, 0.29) is 30.8 Å². The van der Waals surface area contributed by atoms with Gasteiger partial charge < -0.3 is 29.5 Å². The van der Waals surface area contributed by atoms with Crippen LogP contribution in [0.25, 0.3) is 0 Å². The van der Waals surface area contributed by atoms with E-state index in [4.69, 9.17) is 14.2 Å². The fraction of sp³-hybridized carbons (Fsp3) is 0.778. The van der Waals surface area contributed by atoms with Crippen molar-refractivity contribution in [2.45, 2.75) is 95.7 Å². The summed E-state index contributed by atoms with van der Waals surface area (Å²) in [5.41, 5.74) is 2.50. The molecule has 0 amide bonds. The van der Waals surface area contributed by atoms with Crippen molar-refractivity contribution in [3.05, 3.63) is 29.3 Å². The van der Waals surface area contributed by atoms with Crippen molar-refractivity contribution in [2.24, 2.45) is 17.8 Å². The Morgan fingerprint density at radius 2 is 2.03 bits per heavy atom. The molecule has 3 N–H and O–H groups in total. The van der Waals surface area contributed by atoms with E-state index >= 15 is 0 Å². The van der Waals surface area contributed by atoms with Gasteiger partial charge in [0.05, 0.1) is 24.9 Å². The van der Waals surface area contributed by atoms with Gasteiger partial charge in [0, 0.05) is 6.61 Å². The number of aliphatic hydroxyl groups excluding tert-OH is 3. The Bertz CT molecular complexity index is 733. The number of ether oxygens (including phenoxy) is 3. The first-order valence-corrected chi connectivity index (χ1v) is 13.1. The summed E-state index contributed by atoms with van der Waals surface area (Å²) in [6.07, 6.45) is 7.90. The molecule has 2 fully saturated rings. The van der Waals surface area contributed by atoms with Gasteiger partial charge in [-0.3, -0.25) is 0 Å². The Hall–Kier alpha value is -1.18. The van der Waals surface area contributed by atoms with Crippen LogP contribution in [0, 0.1) is 17.8 Å². The maximum Gasteiger partial charge on any atom is 0.189 e. The molecule has 6 nitrogen and oxygen atoms in total. The first kappa shape index (κ1) is 24.9. The molecule has 1 aliphatic heterocycles. The zero-order valence-electron chi connectivity index (χ0n) is 20.0. The fourth-order valence-corrected chi connectivity index (χ4v) is 6.14. The van der Waals surface area contributed by atoms with Gasteiger partial charge in [-0.15, -0.1) is 0 Å². The molecule has 186 valence electrons. The zero-order valence-corrected chi connectivity index (χ0v) is 20.0. The summed E-state index contributed by atoms with van der Waals surface area (Å²) in [4.78, 5) is 0. The molecule has 1 saturated carbocycles. The van der Waals surface area contributed by atoms with Gasteiger partial charge in [-0.05, 0) is 79.9 Å². The average Bonchev–Trinajstić information content (AvgIpc) is 3.41. The molecule has 0 bridgehead atoms. The van der Waals surface area contributed by atoms with Crippen molar-refractivity contribution >= 4 is 0 Å². The van der Waals surface area contributed by atoms with Crippen LogP contribution in [0.4, 0.5) is 0 Å². The van der Waals surface area contributed by atoms with Gasteiger partial charge in [-0.1, -0.05) is 38.3 Å². The summed E-state index contributed by atoms with van der Waals surface area (Å²) in [6, 6.07) is 6.16. The molecule has 0 spiro atoms. The largest absolute Gasteiger partial charge is 0.488 e. The van der Waals surface area contributed by atoms with E-state index in [0.29, 0.717) is 25.0 Å². The highest BCUT2D eigenvalue weighted by atomic mass is 16.6. The quantitative estimate of drug-likeness (QED) is 0.325. The molecule has 33 heavy (non-hydrogen) atoms. The lowest BCUT2D eigenvalue weighted by Gasteiger charge is -2.32. The smallest absolute Gasteiger partial charge is 0.189 e. The van der Waals surface area contributed by atoms with Gasteiger partial charge in [0.2, 0.25) is 0 Å². The van der Waals surface area contributed by atoms with Crippen LogP contribution < -0.4 is 4.74 Å². The van der Waals surface area contributed by atoms with E-state index in [1.807, 2.05) is 12.1 Å². The molecular formula is C27H42O6. The Labute approximate surface area is 198 Å². The van der Waals surface area contributed by atoms with Gasteiger partial charge in [-0.25, -0.2) is 0 Å². The predicted octanol–water partition coefficient (Wildman–Crippen LogP) is 3.62. The van der Waals surface area contributed by atoms with Gasteiger partial charge in [0.1, 0.15) is 12.4 Å². The van der Waals surface area contributed by atoms with Crippen LogP contribution in [-0.2, 0) is 22.3 Å². The molecule has 0 aromatic heterocycles. The highest BCUT2D eigenvalue weighted by molar-refractivity contribution is 5.43. The first-order chi connectivity index (χ1) is 16.0. The Balaban J connectivity index is 1.32. The topological polar surface area (TPSA) is 88.4 Å². The van der Waals surface area contributed by atoms with Crippen LogP contribution in [-0.4, -0.2) is 59.7 Å². The molecule has 1 aromatic carbocycles. The number of unbranched alkanes of at least 4 members (excludes halogenated alkanes) is 2. The third-order valence-electron chi connectivity index (χ3n) is 7.94. The van der Waals surface area contributed by atoms with E-state index in [9.17, 15) is 15.3 Å². The average molecular weight is 463 g/mol. The van der Waals surface area contributed by atoms with Crippen LogP contribution in [0.5, 0.6) is 5.75 Å². The lowest BCUT2D eigenvalue weighted by atomic mass is 9.73. The Kier molecular flexibility index (Phi) is 9.05. The number of fused-ring (bicyclic) bond motifs is 2. The third kappa shape index (κ3) is 6.49. The molecule has 3 aliphatic rings. The zero-order chi connectivity index (χ0) is 23.2. The van der Waals surface area contributed by atoms with Crippen LogP contribution in [0.2, 0.25) is 0 Å². The van der Waals surface area contributed by atoms with E-state index in [1.54, 1.807) is 0 Å². The van der Waals surface area contributed by atoms with E-state index in [2.05, 4.69) is 13.0 Å². The lowest BCUT2D eigenvalue weighted by Crippen LogP contribution is -2.29. The van der Waals surface area contributed by atoms with Crippen LogP contribution in [0.15, 0.2) is 18.2 Å². The van der Waals surface area contributed by atoms with Crippen molar-refractivity contribution < 1.29 is 29.5 Å². The Morgan fingerprint density at radius 1 is 1.15 bits per heavy atom. The van der Waals surface area contributed by atoms with E-state index in [1.165, 1.54) is 24.0 Å². The SMILES string of the molecule is CCCCC[C@@H](O)CC[C@@H]1[C@H]2Cc3cccc(OCC(O)OC4CCOC4)c3C[C@H]2C[C@H]1O. The molecule has 1 heterocycles. The second-order valence-electron chi connectivity index (χ2n) is 10.3. The summed E-state index contributed by atoms with van der Waals surface area (Å²) in [5, 5.41) is 31.4. The van der Waals surface area contributed by atoms with Crippen molar-refractivity contribution in [2.75, 3.05) is 19.8 Å². The van der Waals surface area contributed by atoms with Gasteiger partial charge in [-0.2, -0.15) is 0 Å². The first-order valence-electron chi connectivity index (χ1n) is 13.1. The molecule has 4 rings (SSSR count). The maximum absolute atomic E-state index is 10.8. The highest BCUT2D eigenvalue weighted by Crippen LogP contribution is 2.48. The number of rotatable bonds is 12. The van der Waals surface area contributed by atoms with Gasteiger partial charge in [0.25, 0.3) is 0 Å². The van der Waals surface area contributed by atoms with Crippen LogP contribution in [0.3, 0.4) is 0 Å². The number of hydrogen-bond acceptors (Lipinski definition) is 6. The number of hydrogen-bond donors (Lipinski definition) is 3. The minimum atomic E-state index is -0.967. The van der Waals surface area contributed by atoms with Crippen molar-refractivity contribution in [1.29, 1.82) is 0 Å². The number of aliphatic hydroxyl groups is 3. The standard InChI is InChI=1S/C27H42O6/c1-2-3-4-7-20(28)9-10-22-23-13-18-6-5-8-26(24(18)14-19(23)15-25(22)29)32-17-27(30)33-21-11-12-31-16-21/h5-6,8,19-23,25,27-30H,2-4,7,9-17H2,1H3/t19-,20+,21?,22+,23-,25+,27?/m0/s1. The maximum atomic E-state index is 10.8.